The normalized spacial score (nSPS) is 10.5. The van der Waals surface area contributed by atoms with Gasteiger partial charge < -0.3 is 18.7 Å². The van der Waals surface area contributed by atoms with E-state index in [0.717, 1.165) is 5.56 Å². The van der Waals surface area contributed by atoms with Crippen molar-refractivity contribution in [1.82, 2.24) is 15.1 Å². The summed E-state index contributed by atoms with van der Waals surface area (Å²) in [6.45, 7) is 2.42. The average molecular weight is 327 g/mol. The van der Waals surface area contributed by atoms with Crippen molar-refractivity contribution in [3.05, 3.63) is 36.7 Å². The summed E-state index contributed by atoms with van der Waals surface area (Å²) < 4.78 is 21.7. The lowest BCUT2D eigenvalue weighted by molar-refractivity contribution is 0.307. The highest BCUT2D eigenvalue weighted by atomic mass is 16.5. The average Bonchev–Trinajstić information content (AvgIpc) is 3.12. The Balaban J connectivity index is 2.04. The molecule has 0 amide bonds. The van der Waals surface area contributed by atoms with Gasteiger partial charge in [-0.3, -0.25) is 4.98 Å². The van der Waals surface area contributed by atoms with E-state index < -0.39 is 0 Å². The number of nitrogens with zero attached hydrogens (tertiary/aromatic N) is 3. The van der Waals surface area contributed by atoms with Crippen LogP contribution in [0.25, 0.3) is 22.8 Å². The van der Waals surface area contributed by atoms with E-state index in [-0.39, 0.29) is 0 Å². The molecule has 0 unspecified atom stereocenters. The highest BCUT2D eigenvalue weighted by Crippen LogP contribution is 2.40. The van der Waals surface area contributed by atoms with Crippen LogP contribution in [-0.2, 0) is 0 Å². The number of hydrogen-bond donors (Lipinski definition) is 0. The molecule has 0 atom stereocenters. The topological polar surface area (TPSA) is 79.5 Å². The molecule has 124 valence electrons. The maximum atomic E-state index is 5.56. The zero-order chi connectivity index (χ0) is 16.9. The van der Waals surface area contributed by atoms with Crippen molar-refractivity contribution in [1.29, 1.82) is 0 Å². The predicted molar refractivity (Wildman–Crippen MR) is 87.2 cm³/mol. The molecule has 0 aliphatic heterocycles. The van der Waals surface area contributed by atoms with Crippen molar-refractivity contribution in [3.63, 3.8) is 0 Å². The number of pyridine rings is 1. The van der Waals surface area contributed by atoms with E-state index in [2.05, 4.69) is 15.1 Å². The molecule has 0 aliphatic carbocycles. The minimum absolute atomic E-state index is 0.333. The van der Waals surface area contributed by atoms with Crippen molar-refractivity contribution >= 4 is 0 Å². The van der Waals surface area contributed by atoms with Crippen LogP contribution in [-0.4, -0.2) is 36.0 Å². The van der Waals surface area contributed by atoms with Gasteiger partial charge in [-0.2, -0.15) is 4.98 Å². The Labute approximate surface area is 139 Å². The molecule has 3 aromatic rings. The van der Waals surface area contributed by atoms with Gasteiger partial charge in [0.15, 0.2) is 11.5 Å². The van der Waals surface area contributed by atoms with Crippen LogP contribution in [0.5, 0.6) is 17.2 Å². The number of rotatable bonds is 6. The third-order valence-electron chi connectivity index (χ3n) is 3.38. The molecule has 1 aromatic carbocycles. The lowest BCUT2D eigenvalue weighted by Crippen LogP contribution is -1.98. The molecule has 0 spiro atoms. The van der Waals surface area contributed by atoms with Crippen LogP contribution < -0.4 is 14.2 Å². The lowest BCUT2D eigenvalue weighted by atomic mass is 10.1. The van der Waals surface area contributed by atoms with E-state index in [1.165, 1.54) is 0 Å². The largest absolute Gasteiger partial charge is 0.496 e. The second-order valence-electron chi connectivity index (χ2n) is 4.80. The zero-order valence-corrected chi connectivity index (χ0v) is 13.6. The van der Waals surface area contributed by atoms with E-state index in [1.54, 1.807) is 38.7 Å². The predicted octanol–water partition coefficient (Wildman–Crippen LogP) is 3.21. The number of aromatic nitrogens is 3. The summed E-state index contributed by atoms with van der Waals surface area (Å²) in [4.78, 5) is 8.40. The van der Waals surface area contributed by atoms with Gasteiger partial charge in [0.05, 0.1) is 26.4 Å². The summed E-state index contributed by atoms with van der Waals surface area (Å²) in [5, 5.41) is 4.01. The molecule has 24 heavy (non-hydrogen) atoms. The molecule has 0 aliphatic rings. The molecule has 7 nitrogen and oxygen atoms in total. The molecule has 7 heteroatoms. The molecule has 3 rings (SSSR count). The van der Waals surface area contributed by atoms with Crippen molar-refractivity contribution < 1.29 is 18.7 Å². The first kappa shape index (κ1) is 15.8. The first-order chi connectivity index (χ1) is 11.8. The molecule has 0 radical (unpaired) electrons. The second kappa shape index (κ2) is 6.99. The highest BCUT2D eigenvalue weighted by molar-refractivity contribution is 5.69. The zero-order valence-electron chi connectivity index (χ0n) is 13.6. The van der Waals surface area contributed by atoms with Crippen LogP contribution in [0, 0.1) is 0 Å². The maximum absolute atomic E-state index is 5.56. The van der Waals surface area contributed by atoms with Gasteiger partial charge in [0.1, 0.15) is 5.75 Å². The highest BCUT2D eigenvalue weighted by Gasteiger charge is 2.19. The van der Waals surface area contributed by atoms with Crippen molar-refractivity contribution in [2.75, 3.05) is 20.8 Å². The molecule has 2 heterocycles. The lowest BCUT2D eigenvalue weighted by Gasteiger charge is -2.13. The summed E-state index contributed by atoms with van der Waals surface area (Å²) in [5.74, 6) is 2.53. The van der Waals surface area contributed by atoms with Gasteiger partial charge in [-0.05, 0) is 19.1 Å². The van der Waals surface area contributed by atoms with Gasteiger partial charge in [0.2, 0.25) is 5.82 Å². The van der Waals surface area contributed by atoms with E-state index in [9.17, 15) is 0 Å². The molecular weight excluding hydrogens is 310 g/mol. The Hall–Kier alpha value is -3.09. The van der Waals surface area contributed by atoms with Gasteiger partial charge in [-0.15, -0.1) is 0 Å². The summed E-state index contributed by atoms with van der Waals surface area (Å²) in [5.41, 5.74) is 1.45. The van der Waals surface area contributed by atoms with Crippen LogP contribution in [0.4, 0.5) is 0 Å². The quantitative estimate of drug-likeness (QED) is 0.687. The van der Waals surface area contributed by atoms with E-state index >= 15 is 0 Å². The molecular formula is C17H17N3O4. The standard InChI is InChI=1S/C17H17N3O4/c1-4-23-15-10-13(21-2)12(9-14(15)22-3)17-19-16(20-24-17)11-5-7-18-8-6-11/h5-10H,4H2,1-3H3. The number of benzene rings is 1. The first-order valence-corrected chi connectivity index (χ1v) is 7.40. The Morgan fingerprint density at radius 2 is 1.75 bits per heavy atom. The fourth-order valence-electron chi connectivity index (χ4n) is 2.26. The van der Waals surface area contributed by atoms with E-state index in [0.29, 0.717) is 41.1 Å². The summed E-state index contributed by atoms with van der Waals surface area (Å²) in [7, 11) is 3.14. The van der Waals surface area contributed by atoms with Gasteiger partial charge in [-0.25, -0.2) is 0 Å². The van der Waals surface area contributed by atoms with Gasteiger partial charge in [0, 0.05) is 30.1 Å². The van der Waals surface area contributed by atoms with Crippen LogP contribution >= 0.6 is 0 Å². The summed E-state index contributed by atoms with van der Waals surface area (Å²) in [6, 6.07) is 7.12. The molecule has 0 saturated heterocycles. The minimum atomic E-state index is 0.333. The van der Waals surface area contributed by atoms with Crippen molar-refractivity contribution in [3.8, 4) is 40.1 Å². The monoisotopic (exact) mass is 327 g/mol. The fraction of sp³-hybridized carbons (Fsp3) is 0.235. The minimum Gasteiger partial charge on any atom is -0.496 e. The van der Waals surface area contributed by atoms with Crippen molar-refractivity contribution in [2.45, 2.75) is 6.92 Å². The first-order valence-electron chi connectivity index (χ1n) is 7.40. The Morgan fingerprint density at radius 3 is 2.42 bits per heavy atom. The van der Waals surface area contributed by atoms with Crippen LogP contribution in [0.15, 0.2) is 41.2 Å². The summed E-state index contributed by atoms with van der Waals surface area (Å²) in [6.07, 6.45) is 3.34. The second-order valence-corrected chi connectivity index (χ2v) is 4.80. The number of methoxy groups -OCH3 is 2. The maximum Gasteiger partial charge on any atom is 0.262 e. The van der Waals surface area contributed by atoms with Crippen molar-refractivity contribution in [2.24, 2.45) is 0 Å². The molecule has 0 bridgehead atoms. The Kier molecular flexibility index (Phi) is 4.60. The van der Waals surface area contributed by atoms with Gasteiger partial charge >= 0.3 is 0 Å². The Bertz CT molecular complexity index is 818. The number of hydrogen-bond acceptors (Lipinski definition) is 7. The van der Waals surface area contributed by atoms with E-state index in [1.807, 2.05) is 19.1 Å². The molecule has 0 N–H and O–H groups in total. The van der Waals surface area contributed by atoms with Gasteiger partial charge in [-0.1, -0.05) is 5.16 Å². The van der Waals surface area contributed by atoms with Crippen LogP contribution in [0.3, 0.4) is 0 Å². The van der Waals surface area contributed by atoms with Crippen LogP contribution in [0.2, 0.25) is 0 Å². The fourth-order valence-corrected chi connectivity index (χ4v) is 2.26. The molecule has 0 saturated carbocycles. The number of ether oxygens (including phenoxy) is 3. The van der Waals surface area contributed by atoms with Crippen LogP contribution in [0.1, 0.15) is 6.92 Å². The third-order valence-corrected chi connectivity index (χ3v) is 3.38. The Morgan fingerprint density at radius 1 is 1.00 bits per heavy atom. The SMILES string of the molecule is CCOc1cc(OC)c(-c2nc(-c3ccncc3)no2)cc1OC. The summed E-state index contributed by atoms with van der Waals surface area (Å²) >= 11 is 0. The van der Waals surface area contributed by atoms with E-state index in [4.69, 9.17) is 18.7 Å². The third kappa shape index (κ3) is 3.01. The molecule has 2 aromatic heterocycles. The molecule has 0 fully saturated rings. The smallest absolute Gasteiger partial charge is 0.262 e. The van der Waals surface area contributed by atoms with Gasteiger partial charge in [0.25, 0.3) is 5.89 Å².